The van der Waals surface area contributed by atoms with Crippen LogP contribution in [0.25, 0.3) is 0 Å². The molecule has 7 heteroatoms. The fraction of sp³-hybridized carbons (Fsp3) is 0.562. The molecule has 126 valence electrons. The summed E-state index contributed by atoms with van der Waals surface area (Å²) in [7, 11) is -3.56. The molecule has 1 aromatic rings. The highest BCUT2D eigenvalue weighted by Crippen LogP contribution is 2.38. The molecule has 0 radical (unpaired) electrons. The Balaban J connectivity index is 0.00000192. The van der Waals surface area contributed by atoms with Gasteiger partial charge in [0.1, 0.15) is 0 Å². The molecule has 0 bridgehead atoms. The highest BCUT2D eigenvalue weighted by atomic mass is 35.5. The third-order valence-electron chi connectivity index (χ3n) is 5.06. The number of sulfonamides is 1. The summed E-state index contributed by atoms with van der Waals surface area (Å²) >= 11 is 0. The molecular weight excluding hydrogens is 334 g/mol. The minimum Gasteiger partial charge on any atom is -0.327 e. The van der Waals surface area contributed by atoms with Crippen LogP contribution in [0.15, 0.2) is 23.1 Å². The van der Waals surface area contributed by atoms with E-state index in [2.05, 4.69) is 0 Å². The van der Waals surface area contributed by atoms with Crippen LogP contribution >= 0.6 is 12.4 Å². The highest BCUT2D eigenvalue weighted by molar-refractivity contribution is 7.89. The molecule has 2 N–H and O–H groups in total. The van der Waals surface area contributed by atoms with Crippen molar-refractivity contribution in [3.8, 4) is 6.07 Å². The molecule has 3 rings (SSSR count). The van der Waals surface area contributed by atoms with Crippen LogP contribution in [-0.2, 0) is 10.0 Å². The maximum Gasteiger partial charge on any atom is 0.243 e. The van der Waals surface area contributed by atoms with Gasteiger partial charge in [0.15, 0.2) is 0 Å². The Kier molecular flexibility index (Phi) is 5.37. The highest BCUT2D eigenvalue weighted by Gasteiger charge is 2.43. The second kappa shape index (κ2) is 6.78. The van der Waals surface area contributed by atoms with Gasteiger partial charge in [-0.25, -0.2) is 8.42 Å². The van der Waals surface area contributed by atoms with E-state index in [9.17, 15) is 8.42 Å². The van der Waals surface area contributed by atoms with Gasteiger partial charge < -0.3 is 5.73 Å². The molecule has 1 saturated carbocycles. The smallest absolute Gasteiger partial charge is 0.243 e. The fourth-order valence-electron chi connectivity index (χ4n) is 3.76. The molecule has 1 aliphatic carbocycles. The van der Waals surface area contributed by atoms with Gasteiger partial charge in [0.05, 0.1) is 16.5 Å². The minimum atomic E-state index is -3.56. The molecule has 2 aliphatic rings. The lowest BCUT2D eigenvalue weighted by molar-refractivity contribution is 0.260. The number of nitrogens with zero attached hydrogens (tertiary/aromatic N) is 2. The number of nitrogens with two attached hydrogens (primary N) is 1. The zero-order chi connectivity index (χ0) is 15.9. The summed E-state index contributed by atoms with van der Waals surface area (Å²) in [6.07, 6.45) is 3.12. The van der Waals surface area contributed by atoms with Gasteiger partial charge >= 0.3 is 0 Å². The van der Waals surface area contributed by atoms with Gasteiger partial charge in [0, 0.05) is 19.1 Å². The Morgan fingerprint density at radius 1 is 1.30 bits per heavy atom. The largest absolute Gasteiger partial charge is 0.327 e. The van der Waals surface area contributed by atoms with E-state index in [-0.39, 0.29) is 29.3 Å². The number of nitriles is 1. The van der Waals surface area contributed by atoms with Crippen molar-refractivity contribution in [2.75, 3.05) is 13.1 Å². The van der Waals surface area contributed by atoms with Gasteiger partial charge in [-0.2, -0.15) is 9.57 Å². The predicted octanol–water partition coefficient (Wildman–Crippen LogP) is 2.04. The first-order chi connectivity index (χ1) is 10.4. The van der Waals surface area contributed by atoms with Crippen LogP contribution in [0.4, 0.5) is 0 Å². The first kappa shape index (κ1) is 18.2. The first-order valence-electron chi connectivity index (χ1n) is 7.70. The van der Waals surface area contributed by atoms with Crippen molar-refractivity contribution in [2.24, 2.45) is 17.6 Å². The first-order valence-corrected chi connectivity index (χ1v) is 9.14. The SMILES string of the molecule is Cc1ccc(C#N)cc1S(=O)(=O)N1CC2CCCC(N)C2C1.Cl. The van der Waals surface area contributed by atoms with Gasteiger partial charge in [-0.1, -0.05) is 12.5 Å². The standard InChI is InChI=1S/C16H21N3O2S.ClH/c1-11-5-6-12(8-17)7-16(11)22(20,21)19-9-13-3-2-4-15(18)14(13)10-19;/h5-7,13-15H,2-4,9-10,18H2,1H3;1H. The Morgan fingerprint density at radius 3 is 2.70 bits per heavy atom. The topological polar surface area (TPSA) is 87.2 Å². The lowest BCUT2D eigenvalue weighted by Crippen LogP contribution is -2.38. The van der Waals surface area contributed by atoms with Crippen molar-refractivity contribution in [1.29, 1.82) is 5.26 Å². The van der Waals surface area contributed by atoms with Crippen molar-refractivity contribution >= 4 is 22.4 Å². The molecule has 1 aromatic carbocycles. The summed E-state index contributed by atoms with van der Waals surface area (Å²) in [4.78, 5) is 0.249. The summed E-state index contributed by atoms with van der Waals surface area (Å²) in [6, 6.07) is 6.93. The van der Waals surface area contributed by atoms with E-state index in [0.29, 0.717) is 30.1 Å². The lowest BCUT2D eigenvalue weighted by atomic mass is 9.78. The number of rotatable bonds is 2. The number of hydrogen-bond donors (Lipinski definition) is 1. The van der Waals surface area contributed by atoms with Crippen molar-refractivity contribution in [2.45, 2.75) is 37.1 Å². The number of benzene rings is 1. The third kappa shape index (κ3) is 3.24. The lowest BCUT2D eigenvalue weighted by Gasteiger charge is -2.29. The Hall–Kier alpha value is -1.13. The van der Waals surface area contributed by atoms with Crippen LogP contribution in [0.3, 0.4) is 0 Å². The van der Waals surface area contributed by atoms with Crippen molar-refractivity contribution in [3.05, 3.63) is 29.3 Å². The number of aryl methyl sites for hydroxylation is 1. The molecule has 5 nitrogen and oxygen atoms in total. The molecule has 0 amide bonds. The summed E-state index contributed by atoms with van der Waals surface area (Å²) in [6.45, 7) is 2.82. The van der Waals surface area contributed by atoms with Crippen LogP contribution in [0, 0.1) is 30.1 Å². The van der Waals surface area contributed by atoms with Crippen LogP contribution in [0.1, 0.15) is 30.4 Å². The zero-order valence-electron chi connectivity index (χ0n) is 13.1. The maximum absolute atomic E-state index is 12.9. The van der Waals surface area contributed by atoms with E-state index in [0.717, 1.165) is 19.3 Å². The molecule has 3 atom stereocenters. The van der Waals surface area contributed by atoms with Gasteiger partial charge in [-0.15, -0.1) is 12.4 Å². The van der Waals surface area contributed by atoms with E-state index < -0.39 is 10.0 Å². The van der Waals surface area contributed by atoms with E-state index in [1.54, 1.807) is 23.4 Å². The molecule has 1 heterocycles. The Labute approximate surface area is 143 Å². The van der Waals surface area contributed by atoms with Crippen LogP contribution in [-0.4, -0.2) is 31.9 Å². The molecular formula is C16H22ClN3O2S. The molecule has 3 unspecified atom stereocenters. The van der Waals surface area contributed by atoms with Gasteiger partial charge in [0.2, 0.25) is 10.0 Å². The second-order valence-electron chi connectivity index (χ2n) is 6.43. The summed E-state index contributed by atoms with van der Waals surface area (Å²) in [5.41, 5.74) is 7.23. The van der Waals surface area contributed by atoms with Crippen LogP contribution < -0.4 is 5.73 Å². The van der Waals surface area contributed by atoms with Crippen molar-refractivity contribution in [3.63, 3.8) is 0 Å². The monoisotopic (exact) mass is 355 g/mol. The molecule has 1 aliphatic heterocycles. The predicted molar refractivity (Wildman–Crippen MR) is 90.7 cm³/mol. The average Bonchev–Trinajstić information content (AvgIpc) is 2.94. The Morgan fingerprint density at radius 2 is 2.04 bits per heavy atom. The Bertz CT molecular complexity index is 729. The number of halogens is 1. The second-order valence-corrected chi connectivity index (χ2v) is 8.34. The van der Waals surface area contributed by atoms with Crippen LogP contribution in [0.5, 0.6) is 0 Å². The third-order valence-corrected chi connectivity index (χ3v) is 7.03. The number of hydrogen-bond acceptors (Lipinski definition) is 4. The number of fused-ring (bicyclic) bond motifs is 1. The van der Waals surface area contributed by atoms with E-state index >= 15 is 0 Å². The van der Waals surface area contributed by atoms with Crippen molar-refractivity contribution in [1.82, 2.24) is 4.31 Å². The van der Waals surface area contributed by atoms with Crippen molar-refractivity contribution < 1.29 is 8.42 Å². The minimum absolute atomic E-state index is 0. The zero-order valence-corrected chi connectivity index (χ0v) is 14.7. The van der Waals surface area contributed by atoms with Gasteiger partial charge in [0.25, 0.3) is 0 Å². The molecule has 2 fully saturated rings. The van der Waals surface area contributed by atoms with E-state index in [4.69, 9.17) is 11.0 Å². The quantitative estimate of drug-likeness (QED) is 0.879. The normalized spacial score (nSPS) is 27.8. The fourth-order valence-corrected chi connectivity index (χ4v) is 5.54. The van der Waals surface area contributed by atoms with Crippen LogP contribution in [0.2, 0.25) is 0 Å². The molecule has 23 heavy (non-hydrogen) atoms. The van der Waals surface area contributed by atoms with Gasteiger partial charge in [-0.3, -0.25) is 0 Å². The summed E-state index contributed by atoms with van der Waals surface area (Å²) < 4.78 is 27.5. The molecule has 0 spiro atoms. The van der Waals surface area contributed by atoms with Gasteiger partial charge in [-0.05, 0) is 49.3 Å². The average molecular weight is 356 g/mol. The molecule has 0 aromatic heterocycles. The van der Waals surface area contributed by atoms with E-state index in [1.807, 2.05) is 6.07 Å². The summed E-state index contributed by atoms with van der Waals surface area (Å²) in [5, 5.41) is 9.01. The molecule has 1 saturated heterocycles. The summed E-state index contributed by atoms with van der Waals surface area (Å²) in [5.74, 6) is 0.640. The maximum atomic E-state index is 12.9. The van der Waals surface area contributed by atoms with E-state index in [1.165, 1.54) is 6.07 Å².